The number of hydrogen-bond donors (Lipinski definition) is 1. The molecule has 1 saturated carbocycles. The fraction of sp³-hybridized carbons (Fsp3) is 0.647. The maximum absolute atomic E-state index is 3.60. The molecule has 0 spiro atoms. The largest absolute Gasteiger partial charge is 0.314 e. The van der Waals surface area contributed by atoms with Crippen LogP contribution in [0.1, 0.15) is 55.9 Å². The summed E-state index contributed by atoms with van der Waals surface area (Å²) < 4.78 is 0. The van der Waals surface area contributed by atoms with Gasteiger partial charge in [0.15, 0.2) is 0 Å². The molecule has 0 amide bonds. The Kier molecular flexibility index (Phi) is 3.82. The summed E-state index contributed by atoms with van der Waals surface area (Å²) in [4.78, 5) is 0. The summed E-state index contributed by atoms with van der Waals surface area (Å²) in [5.74, 6) is 0. The quantitative estimate of drug-likeness (QED) is 0.848. The molecule has 0 atom stereocenters. The second-order valence-electron chi connectivity index (χ2n) is 6.82. The molecule has 1 N–H and O–H groups in total. The van der Waals surface area contributed by atoms with E-state index in [4.69, 9.17) is 0 Å². The van der Waals surface area contributed by atoms with Crippen molar-refractivity contribution in [3.8, 4) is 0 Å². The van der Waals surface area contributed by atoms with Gasteiger partial charge in [0.25, 0.3) is 0 Å². The smallest absolute Gasteiger partial charge is 0.00683 e. The summed E-state index contributed by atoms with van der Waals surface area (Å²) in [6.45, 7) is 12.5. The first-order valence-corrected chi connectivity index (χ1v) is 7.22. The van der Waals surface area contributed by atoms with E-state index in [1.165, 1.54) is 41.5 Å². The van der Waals surface area contributed by atoms with Gasteiger partial charge in [-0.05, 0) is 67.3 Å². The molecule has 0 radical (unpaired) electrons. The van der Waals surface area contributed by atoms with Gasteiger partial charge in [0.2, 0.25) is 0 Å². The first kappa shape index (κ1) is 13.6. The van der Waals surface area contributed by atoms with Crippen LogP contribution in [0.15, 0.2) is 12.1 Å². The predicted octanol–water partition coefficient (Wildman–Crippen LogP) is 3.90. The summed E-state index contributed by atoms with van der Waals surface area (Å²) in [7, 11) is 0. The van der Waals surface area contributed by atoms with Crippen LogP contribution in [0.25, 0.3) is 0 Å². The first-order valence-electron chi connectivity index (χ1n) is 7.22. The number of hydrogen-bond acceptors (Lipinski definition) is 1. The number of rotatable bonds is 4. The van der Waals surface area contributed by atoms with Gasteiger partial charge in [-0.15, -0.1) is 0 Å². The van der Waals surface area contributed by atoms with E-state index in [2.05, 4.69) is 52.1 Å². The first-order chi connectivity index (χ1) is 8.38. The van der Waals surface area contributed by atoms with E-state index < -0.39 is 0 Å². The van der Waals surface area contributed by atoms with Crippen LogP contribution >= 0.6 is 0 Å². The van der Waals surface area contributed by atoms with Gasteiger partial charge in [-0.3, -0.25) is 0 Å². The van der Waals surface area contributed by atoms with Gasteiger partial charge in [-0.2, -0.15) is 0 Å². The van der Waals surface area contributed by atoms with Crippen molar-refractivity contribution in [2.45, 2.75) is 65.3 Å². The van der Waals surface area contributed by atoms with Crippen molar-refractivity contribution >= 4 is 0 Å². The maximum Gasteiger partial charge on any atom is 0.00683 e. The fourth-order valence-electron chi connectivity index (χ4n) is 2.51. The number of aryl methyl sites for hydroxylation is 2. The third-order valence-electron chi connectivity index (χ3n) is 3.95. The Labute approximate surface area is 112 Å². The zero-order valence-corrected chi connectivity index (χ0v) is 12.6. The molecule has 1 aliphatic rings. The highest BCUT2D eigenvalue weighted by molar-refractivity contribution is 5.40. The van der Waals surface area contributed by atoms with Crippen LogP contribution in [-0.2, 0) is 11.8 Å². The molecule has 0 heterocycles. The monoisotopic (exact) mass is 245 g/mol. The lowest BCUT2D eigenvalue weighted by atomic mass is 9.83. The molecule has 1 nitrogen and oxygen atoms in total. The van der Waals surface area contributed by atoms with E-state index >= 15 is 0 Å². The molecule has 2 rings (SSSR count). The van der Waals surface area contributed by atoms with E-state index in [9.17, 15) is 0 Å². The Balaban J connectivity index is 2.10. The highest BCUT2D eigenvalue weighted by atomic mass is 14.9. The van der Waals surface area contributed by atoms with E-state index in [0.717, 1.165) is 12.6 Å². The minimum atomic E-state index is 0.250. The summed E-state index contributed by atoms with van der Waals surface area (Å²) >= 11 is 0. The standard InChI is InChI=1S/C17H27N/c1-12-10-14(17(3,4)5)11-13(2)16(12)8-9-18-15-6-7-15/h10-11,15,18H,6-9H2,1-5H3. The van der Waals surface area contributed by atoms with Crippen molar-refractivity contribution in [2.24, 2.45) is 0 Å². The Hall–Kier alpha value is -0.820. The Morgan fingerprint density at radius 3 is 2.11 bits per heavy atom. The molecule has 100 valence electrons. The van der Waals surface area contributed by atoms with Crippen molar-refractivity contribution < 1.29 is 0 Å². The van der Waals surface area contributed by atoms with Crippen molar-refractivity contribution in [3.05, 3.63) is 34.4 Å². The van der Waals surface area contributed by atoms with Crippen LogP contribution in [0, 0.1) is 13.8 Å². The van der Waals surface area contributed by atoms with Crippen molar-refractivity contribution in [1.82, 2.24) is 5.32 Å². The van der Waals surface area contributed by atoms with Crippen molar-refractivity contribution in [1.29, 1.82) is 0 Å². The molecule has 1 heteroatoms. The summed E-state index contributed by atoms with van der Waals surface area (Å²) in [5.41, 5.74) is 6.16. The Morgan fingerprint density at radius 2 is 1.67 bits per heavy atom. The third-order valence-corrected chi connectivity index (χ3v) is 3.95. The van der Waals surface area contributed by atoms with Gasteiger partial charge < -0.3 is 5.32 Å². The fourth-order valence-corrected chi connectivity index (χ4v) is 2.51. The maximum atomic E-state index is 3.60. The van der Waals surface area contributed by atoms with Crippen LogP contribution in [0.2, 0.25) is 0 Å². The van der Waals surface area contributed by atoms with Gasteiger partial charge >= 0.3 is 0 Å². The van der Waals surface area contributed by atoms with E-state index in [0.29, 0.717) is 0 Å². The van der Waals surface area contributed by atoms with Crippen LogP contribution in [0.5, 0.6) is 0 Å². The van der Waals surface area contributed by atoms with Gasteiger partial charge in [-0.1, -0.05) is 32.9 Å². The van der Waals surface area contributed by atoms with Crippen LogP contribution < -0.4 is 5.32 Å². The lowest BCUT2D eigenvalue weighted by Crippen LogP contribution is -2.20. The third kappa shape index (κ3) is 3.35. The molecule has 0 aromatic heterocycles. The predicted molar refractivity (Wildman–Crippen MR) is 79.3 cm³/mol. The molecule has 1 aromatic carbocycles. The average molecular weight is 245 g/mol. The van der Waals surface area contributed by atoms with E-state index in [1.807, 2.05) is 0 Å². The molecule has 18 heavy (non-hydrogen) atoms. The molecule has 0 unspecified atom stereocenters. The van der Waals surface area contributed by atoms with Gasteiger partial charge in [0, 0.05) is 6.04 Å². The van der Waals surface area contributed by atoms with Crippen LogP contribution in [-0.4, -0.2) is 12.6 Å². The molecule has 1 aromatic rings. The van der Waals surface area contributed by atoms with E-state index in [-0.39, 0.29) is 5.41 Å². The average Bonchev–Trinajstić information content (AvgIpc) is 3.04. The molecular formula is C17H27N. The van der Waals surface area contributed by atoms with Crippen LogP contribution in [0.4, 0.5) is 0 Å². The van der Waals surface area contributed by atoms with Crippen molar-refractivity contribution in [2.75, 3.05) is 6.54 Å². The SMILES string of the molecule is Cc1cc(C(C)(C)C)cc(C)c1CCNC1CC1. The molecule has 0 saturated heterocycles. The minimum Gasteiger partial charge on any atom is -0.314 e. The Morgan fingerprint density at radius 1 is 1.11 bits per heavy atom. The van der Waals surface area contributed by atoms with Crippen LogP contribution in [0.3, 0.4) is 0 Å². The lowest BCUT2D eigenvalue weighted by Gasteiger charge is -2.22. The summed E-state index contributed by atoms with van der Waals surface area (Å²) in [5, 5.41) is 3.60. The molecule has 1 fully saturated rings. The highest BCUT2D eigenvalue weighted by Gasteiger charge is 2.20. The van der Waals surface area contributed by atoms with Gasteiger partial charge in [-0.25, -0.2) is 0 Å². The summed E-state index contributed by atoms with van der Waals surface area (Å²) in [6, 6.07) is 5.57. The highest BCUT2D eigenvalue weighted by Crippen LogP contribution is 2.27. The summed E-state index contributed by atoms with van der Waals surface area (Å²) in [6.07, 6.45) is 3.92. The Bertz CT molecular complexity index is 399. The zero-order chi connectivity index (χ0) is 13.3. The van der Waals surface area contributed by atoms with Crippen molar-refractivity contribution in [3.63, 3.8) is 0 Å². The molecule has 0 aliphatic heterocycles. The molecule has 1 aliphatic carbocycles. The molecule has 0 bridgehead atoms. The van der Waals surface area contributed by atoms with Gasteiger partial charge in [0.1, 0.15) is 0 Å². The topological polar surface area (TPSA) is 12.0 Å². The normalized spacial score (nSPS) is 16.1. The number of nitrogens with one attached hydrogen (secondary N) is 1. The molecular weight excluding hydrogens is 218 g/mol. The van der Waals surface area contributed by atoms with E-state index in [1.54, 1.807) is 0 Å². The lowest BCUT2D eigenvalue weighted by molar-refractivity contribution is 0.588. The zero-order valence-electron chi connectivity index (χ0n) is 12.6. The second-order valence-corrected chi connectivity index (χ2v) is 6.82. The minimum absolute atomic E-state index is 0.250. The second kappa shape index (κ2) is 5.05. The van der Waals surface area contributed by atoms with Gasteiger partial charge in [0.05, 0.1) is 0 Å². The number of benzene rings is 1.